The Morgan fingerprint density at radius 2 is 2.00 bits per heavy atom. The van der Waals surface area contributed by atoms with Gasteiger partial charge in [-0.25, -0.2) is 9.97 Å². The van der Waals surface area contributed by atoms with Gasteiger partial charge in [0, 0.05) is 5.69 Å². The summed E-state index contributed by atoms with van der Waals surface area (Å²) < 4.78 is 37.8. The van der Waals surface area contributed by atoms with Gasteiger partial charge in [-0.15, -0.1) is 0 Å². The van der Waals surface area contributed by atoms with Crippen molar-refractivity contribution in [3.63, 3.8) is 0 Å². The predicted octanol–water partition coefficient (Wildman–Crippen LogP) is 3.35. The Hall–Kier alpha value is -2.55. The molecule has 0 saturated heterocycles. The number of fused-ring (bicyclic) bond motifs is 1. The van der Waals surface area contributed by atoms with Gasteiger partial charge in [0.25, 0.3) is 0 Å². The minimum atomic E-state index is -4.53. The molecule has 0 aliphatic heterocycles. The molecule has 0 spiro atoms. The smallest absolute Gasteiger partial charge is 0.368 e. The molecular weight excluding hydrogens is 321 g/mol. The zero-order valence-electron chi connectivity index (χ0n) is 10.7. The first-order valence-corrected chi connectivity index (χ1v) is 6.33. The van der Waals surface area contributed by atoms with Crippen LogP contribution in [0.15, 0.2) is 24.4 Å². The molecule has 4 N–H and O–H groups in total. The fourth-order valence-corrected chi connectivity index (χ4v) is 1.97. The number of alkyl halides is 3. The molecule has 0 amide bonds. The van der Waals surface area contributed by atoms with Gasteiger partial charge in [-0.2, -0.15) is 18.2 Å². The zero-order chi connectivity index (χ0) is 15.9. The highest BCUT2D eigenvalue weighted by Crippen LogP contribution is 2.30. The molecule has 114 valence electrons. The first-order valence-electron chi connectivity index (χ1n) is 5.95. The molecule has 6 nitrogen and oxygen atoms in total. The van der Waals surface area contributed by atoms with Gasteiger partial charge in [-0.05, 0) is 18.2 Å². The number of anilines is 3. The van der Waals surface area contributed by atoms with E-state index in [4.69, 9.17) is 17.3 Å². The number of aromatic amines is 1. The van der Waals surface area contributed by atoms with Gasteiger partial charge in [0.1, 0.15) is 5.02 Å². The SMILES string of the molecule is Nc1ncc(Cl)c(Nc2ccc3nc(C(F)(F)F)[nH]c3c2)n1. The molecule has 3 aromatic rings. The van der Waals surface area contributed by atoms with E-state index in [1.807, 2.05) is 0 Å². The van der Waals surface area contributed by atoms with Gasteiger partial charge in [0.15, 0.2) is 5.82 Å². The lowest BCUT2D eigenvalue weighted by molar-refractivity contribution is -0.144. The fourth-order valence-electron chi connectivity index (χ4n) is 1.83. The van der Waals surface area contributed by atoms with Crippen LogP contribution in [0.2, 0.25) is 5.02 Å². The Balaban J connectivity index is 1.96. The average Bonchev–Trinajstić information content (AvgIpc) is 2.86. The number of benzene rings is 1. The topological polar surface area (TPSA) is 92.5 Å². The largest absolute Gasteiger partial charge is 0.449 e. The van der Waals surface area contributed by atoms with Gasteiger partial charge < -0.3 is 16.0 Å². The number of nitrogens with zero attached hydrogens (tertiary/aromatic N) is 3. The number of aromatic nitrogens is 4. The number of hydrogen-bond donors (Lipinski definition) is 3. The van der Waals surface area contributed by atoms with E-state index in [9.17, 15) is 13.2 Å². The Bertz CT molecular complexity index is 844. The highest BCUT2D eigenvalue weighted by Gasteiger charge is 2.34. The Kier molecular flexibility index (Phi) is 3.28. The van der Waals surface area contributed by atoms with Gasteiger partial charge in [-0.1, -0.05) is 11.6 Å². The summed E-state index contributed by atoms with van der Waals surface area (Å²) in [5, 5.41) is 3.09. The van der Waals surface area contributed by atoms with Gasteiger partial charge in [0.2, 0.25) is 11.8 Å². The maximum absolute atomic E-state index is 12.6. The van der Waals surface area contributed by atoms with Crippen molar-refractivity contribution < 1.29 is 13.2 Å². The van der Waals surface area contributed by atoms with Crippen LogP contribution in [0.25, 0.3) is 11.0 Å². The molecule has 0 atom stereocenters. The number of H-pyrrole nitrogens is 1. The third-order valence-electron chi connectivity index (χ3n) is 2.78. The molecule has 0 fully saturated rings. The van der Waals surface area contributed by atoms with Crippen molar-refractivity contribution in [2.75, 3.05) is 11.1 Å². The zero-order valence-corrected chi connectivity index (χ0v) is 11.5. The van der Waals surface area contributed by atoms with E-state index in [0.29, 0.717) is 5.69 Å². The molecule has 0 aliphatic carbocycles. The monoisotopic (exact) mass is 328 g/mol. The molecule has 0 unspecified atom stereocenters. The summed E-state index contributed by atoms with van der Waals surface area (Å²) in [6.45, 7) is 0. The lowest BCUT2D eigenvalue weighted by Crippen LogP contribution is -2.06. The normalized spacial score (nSPS) is 11.8. The Labute approximate surface area is 126 Å². The number of imidazole rings is 1. The van der Waals surface area contributed by atoms with Crippen molar-refractivity contribution in [3.05, 3.63) is 35.2 Å². The van der Waals surface area contributed by atoms with Crippen LogP contribution in [0.3, 0.4) is 0 Å². The minimum Gasteiger partial charge on any atom is -0.368 e. The number of halogens is 4. The number of nitrogen functional groups attached to an aromatic ring is 1. The van der Waals surface area contributed by atoms with E-state index in [0.717, 1.165) is 0 Å². The Morgan fingerprint density at radius 3 is 2.73 bits per heavy atom. The van der Waals surface area contributed by atoms with Crippen LogP contribution in [-0.4, -0.2) is 19.9 Å². The molecule has 22 heavy (non-hydrogen) atoms. The molecule has 0 bridgehead atoms. The predicted molar refractivity (Wildman–Crippen MR) is 75.8 cm³/mol. The number of nitrogens with two attached hydrogens (primary N) is 1. The van der Waals surface area contributed by atoms with Gasteiger partial charge >= 0.3 is 6.18 Å². The van der Waals surface area contributed by atoms with E-state index in [-0.39, 0.29) is 27.8 Å². The van der Waals surface area contributed by atoms with E-state index in [2.05, 4.69) is 25.3 Å². The highest BCUT2D eigenvalue weighted by molar-refractivity contribution is 6.32. The summed E-state index contributed by atoms with van der Waals surface area (Å²) in [5.41, 5.74) is 6.37. The first kappa shape index (κ1) is 14.4. The molecular formula is C12H8ClF3N6. The fraction of sp³-hybridized carbons (Fsp3) is 0.0833. The van der Waals surface area contributed by atoms with Gasteiger partial charge in [0.05, 0.1) is 17.2 Å². The van der Waals surface area contributed by atoms with E-state index in [1.165, 1.54) is 18.3 Å². The number of rotatable bonds is 2. The van der Waals surface area contributed by atoms with Crippen molar-refractivity contribution in [3.8, 4) is 0 Å². The summed E-state index contributed by atoms with van der Waals surface area (Å²) in [6, 6.07) is 4.46. The van der Waals surface area contributed by atoms with Crippen LogP contribution in [0.4, 0.5) is 30.6 Å². The highest BCUT2D eigenvalue weighted by atomic mass is 35.5. The molecule has 3 rings (SSSR count). The number of hydrogen-bond acceptors (Lipinski definition) is 5. The maximum Gasteiger partial charge on any atom is 0.449 e. The first-order chi connectivity index (χ1) is 10.3. The van der Waals surface area contributed by atoms with Crippen LogP contribution in [-0.2, 0) is 6.18 Å². The van der Waals surface area contributed by atoms with Crippen LogP contribution in [0.5, 0.6) is 0 Å². The van der Waals surface area contributed by atoms with Crippen molar-refractivity contribution in [2.45, 2.75) is 6.18 Å². The second-order valence-corrected chi connectivity index (χ2v) is 4.77. The minimum absolute atomic E-state index is 0.0221. The second-order valence-electron chi connectivity index (χ2n) is 4.36. The van der Waals surface area contributed by atoms with E-state index in [1.54, 1.807) is 6.07 Å². The lowest BCUT2D eigenvalue weighted by Gasteiger charge is -2.07. The van der Waals surface area contributed by atoms with Crippen LogP contribution in [0, 0.1) is 0 Å². The third kappa shape index (κ3) is 2.75. The molecule has 0 saturated carbocycles. The second kappa shape index (κ2) is 5.02. The summed E-state index contributed by atoms with van der Waals surface area (Å²) in [7, 11) is 0. The molecule has 2 heterocycles. The average molecular weight is 329 g/mol. The quantitative estimate of drug-likeness (QED) is 0.671. The lowest BCUT2D eigenvalue weighted by atomic mass is 10.3. The summed E-state index contributed by atoms with van der Waals surface area (Å²) >= 11 is 5.92. The molecule has 0 aliphatic rings. The molecule has 2 aromatic heterocycles. The van der Waals surface area contributed by atoms with E-state index < -0.39 is 12.0 Å². The van der Waals surface area contributed by atoms with Crippen molar-refractivity contribution in [2.24, 2.45) is 0 Å². The van der Waals surface area contributed by atoms with Crippen molar-refractivity contribution in [1.29, 1.82) is 0 Å². The standard InChI is InChI=1S/C12H8ClF3N6/c13-6-4-18-11(17)22-9(6)19-5-1-2-7-8(3-5)21-10(20-7)12(14,15)16/h1-4H,(H,20,21)(H3,17,18,19,22). The summed E-state index contributed by atoms with van der Waals surface area (Å²) in [6.07, 6.45) is -3.21. The van der Waals surface area contributed by atoms with Crippen molar-refractivity contribution >= 4 is 40.1 Å². The third-order valence-corrected chi connectivity index (χ3v) is 3.05. The Morgan fingerprint density at radius 1 is 1.23 bits per heavy atom. The van der Waals surface area contributed by atoms with E-state index >= 15 is 0 Å². The van der Waals surface area contributed by atoms with Gasteiger partial charge in [-0.3, -0.25) is 0 Å². The van der Waals surface area contributed by atoms with Crippen molar-refractivity contribution in [1.82, 2.24) is 19.9 Å². The maximum atomic E-state index is 12.6. The van der Waals surface area contributed by atoms with Crippen LogP contribution in [0.1, 0.15) is 5.82 Å². The van der Waals surface area contributed by atoms with Crippen LogP contribution >= 0.6 is 11.6 Å². The molecule has 0 radical (unpaired) electrons. The number of nitrogens with one attached hydrogen (secondary N) is 2. The molecule has 1 aromatic carbocycles. The molecule has 10 heteroatoms. The summed E-state index contributed by atoms with van der Waals surface area (Å²) in [5.74, 6) is -0.776. The summed E-state index contributed by atoms with van der Waals surface area (Å²) in [4.78, 5) is 13.3. The van der Waals surface area contributed by atoms with Crippen LogP contribution < -0.4 is 11.1 Å².